The van der Waals surface area contributed by atoms with Gasteiger partial charge >= 0.3 is 0 Å². The van der Waals surface area contributed by atoms with E-state index in [2.05, 4.69) is 11.0 Å². The largest absolute Gasteiger partial charge is 0.378 e. The highest BCUT2D eigenvalue weighted by atomic mass is 19.1. The molecule has 1 aromatic carbocycles. The maximum Gasteiger partial charge on any atom is 0.125 e. The molecule has 0 bridgehead atoms. The van der Waals surface area contributed by atoms with Crippen molar-refractivity contribution in [3.8, 4) is 6.07 Å². The molecule has 0 N–H and O–H groups in total. The van der Waals surface area contributed by atoms with Crippen LogP contribution in [0.25, 0.3) is 0 Å². The predicted octanol–water partition coefficient (Wildman–Crippen LogP) is 1.73. The maximum atomic E-state index is 13.2. The Morgan fingerprint density at radius 3 is 2.81 bits per heavy atom. The number of benzene rings is 1. The summed E-state index contributed by atoms with van der Waals surface area (Å²) in [6, 6.07) is 6.68. The van der Waals surface area contributed by atoms with Gasteiger partial charge in [-0.25, -0.2) is 4.39 Å². The average Bonchev–Trinajstić information content (AvgIpc) is 2.33. The Balaban J connectivity index is 2.29. The molecular formula is C12H13FN2O. The Hall–Kier alpha value is -1.60. The predicted molar refractivity (Wildman–Crippen MR) is 58.7 cm³/mol. The zero-order valence-electron chi connectivity index (χ0n) is 8.95. The van der Waals surface area contributed by atoms with E-state index in [0.717, 1.165) is 24.3 Å². The second-order valence-corrected chi connectivity index (χ2v) is 3.71. The molecule has 0 atom stereocenters. The molecule has 16 heavy (non-hydrogen) atoms. The molecule has 0 radical (unpaired) electrons. The zero-order chi connectivity index (χ0) is 11.4. The van der Waals surface area contributed by atoms with Gasteiger partial charge < -0.3 is 9.64 Å². The van der Waals surface area contributed by atoms with Crippen LogP contribution in [0.2, 0.25) is 0 Å². The van der Waals surface area contributed by atoms with E-state index in [4.69, 9.17) is 10.00 Å². The Kier molecular flexibility index (Phi) is 3.37. The second kappa shape index (κ2) is 4.95. The number of rotatable bonds is 2. The van der Waals surface area contributed by atoms with Crippen LogP contribution in [0.15, 0.2) is 18.2 Å². The lowest BCUT2D eigenvalue weighted by Crippen LogP contribution is -2.36. The first-order valence-electron chi connectivity index (χ1n) is 5.29. The fraction of sp³-hybridized carbons (Fsp3) is 0.417. The van der Waals surface area contributed by atoms with Crippen molar-refractivity contribution < 1.29 is 9.13 Å². The Labute approximate surface area is 94.0 Å². The van der Waals surface area contributed by atoms with Crippen LogP contribution in [-0.2, 0) is 11.2 Å². The molecule has 1 aliphatic heterocycles. The van der Waals surface area contributed by atoms with Crippen LogP contribution in [0.3, 0.4) is 0 Å². The molecule has 0 unspecified atom stereocenters. The number of hydrogen-bond donors (Lipinski definition) is 0. The van der Waals surface area contributed by atoms with Crippen molar-refractivity contribution in [3.05, 3.63) is 29.6 Å². The molecule has 1 saturated heterocycles. The van der Waals surface area contributed by atoms with Crippen LogP contribution in [0.1, 0.15) is 5.56 Å². The zero-order valence-corrected chi connectivity index (χ0v) is 8.95. The van der Waals surface area contributed by atoms with Crippen molar-refractivity contribution in [3.63, 3.8) is 0 Å². The van der Waals surface area contributed by atoms with Gasteiger partial charge in [-0.2, -0.15) is 5.26 Å². The van der Waals surface area contributed by atoms with Gasteiger partial charge in [-0.3, -0.25) is 0 Å². The van der Waals surface area contributed by atoms with Gasteiger partial charge in [0.1, 0.15) is 5.82 Å². The van der Waals surface area contributed by atoms with Crippen LogP contribution in [-0.4, -0.2) is 26.3 Å². The summed E-state index contributed by atoms with van der Waals surface area (Å²) in [6.45, 7) is 2.81. The van der Waals surface area contributed by atoms with E-state index in [1.807, 2.05) is 0 Å². The molecule has 84 valence electrons. The summed E-state index contributed by atoms with van der Waals surface area (Å²) >= 11 is 0. The minimum atomic E-state index is -0.261. The van der Waals surface area contributed by atoms with E-state index in [0.29, 0.717) is 19.6 Å². The fourth-order valence-electron chi connectivity index (χ4n) is 1.87. The van der Waals surface area contributed by atoms with Crippen molar-refractivity contribution in [2.45, 2.75) is 6.42 Å². The maximum absolute atomic E-state index is 13.2. The second-order valence-electron chi connectivity index (χ2n) is 3.71. The highest BCUT2D eigenvalue weighted by Crippen LogP contribution is 2.23. The number of nitriles is 1. The third-order valence-corrected chi connectivity index (χ3v) is 2.67. The third kappa shape index (κ3) is 2.31. The van der Waals surface area contributed by atoms with Gasteiger partial charge in [-0.05, 0) is 17.7 Å². The summed E-state index contributed by atoms with van der Waals surface area (Å²) in [5.74, 6) is -0.261. The molecule has 0 aromatic heterocycles. The summed E-state index contributed by atoms with van der Waals surface area (Å²) in [7, 11) is 0. The number of nitrogens with zero attached hydrogens (tertiary/aromatic N) is 2. The molecule has 2 rings (SSSR count). The van der Waals surface area contributed by atoms with Crippen molar-refractivity contribution in [2.24, 2.45) is 0 Å². The van der Waals surface area contributed by atoms with Gasteiger partial charge in [0.2, 0.25) is 0 Å². The molecule has 1 fully saturated rings. The normalized spacial score (nSPS) is 15.9. The first kappa shape index (κ1) is 10.9. The van der Waals surface area contributed by atoms with Gasteiger partial charge in [-0.15, -0.1) is 0 Å². The smallest absolute Gasteiger partial charge is 0.125 e. The molecule has 0 amide bonds. The number of ether oxygens (including phenoxy) is 1. The van der Waals surface area contributed by atoms with Crippen LogP contribution >= 0.6 is 0 Å². The topological polar surface area (TPSA) is 36.3 Å². The minimum Gasteiger partial charge on any atom is -0.378 e. The molecule has 1 heterocycles. The van der Waals surface area contributed by atoms with Crippen LogP contribution in [0, 0.1) is 17.1 Å². The van der Waals surface area contributed by atoms with Crippen molar-refractivity contribution in [1.29, 1.82) is 5.26 Å². The molecule has 0 saturated carbocycles. The van der Waals surface area contributed by atoms with Gasteiger partial charge in [0.05, 0.1) is 25.7 Å². The Bertz CT molecular complexity index is 408. The lowest BCUT2D eigenvalue weighted by Gasteiger charge is -2.30. The molecular weight excluding hydrogens is 207 g/mol. The number of anilines is 1. The molecule has 4 heteroatoms. The lowest BCUT2D eigenvalue weighted by atomic mass is 10.1. The van der Waals surface area contributed by atoms with Crippen LogP contribution in [0.5, 0.6) is 0 Å². The molecule has 0 spiro atoms. The summed E-state index contributed by atoms with van der Waals surface area (Å²) in [5, 5.41) is 8.72. The first-order valence-corrected chi connectivity index (χ1v) is 5.29. The van der Waals surface area contributed by atoms with Gasteiger partial charge in [-0.1, -0.05) is 6.07 Å². The highest BCUT2D eigenvalue weighted by Gasteiger charge is 2.15. The van der Waals surface area contributed by atoms with Gasteiger partial charge in [0, 0.05) is 18.8 Å². The van der Waals surface area contributed by atoms with E-state index in [1.165, 1.54) is 12.1 Å². The van der Waals surface area contributed by atoms with E-state index in [1.54, 1.807) is 6.07 Å². The Morgan fingerprint density at radius 1 is 1.38 bits per heavy atom. The average molecular weight is 220 g/mol. The van der Waals surface area contributed by atoms with E-state index in [-0.39, 0.29) is 5.82 Å². The molecule has 3 nitrogen and oxygen atoms in total. The summed E-state index contributed by atoms with van der Waals surface area (Å²) < 4.78 is 18.5. The van der Waals surface area contributed by atoms with Crippen molar-refractivity contribution >= 4 is 5.69 Å². The first-order chi connectivity index (χ1) is 7.81. The van der Waals surface area contributed by atoms with E-state index >= 15 is 0 Å². The Morgan fingerprint density at radius 2 is 2.12 bits per heavy atom. The minimum absolute atomic E-state index is 0.261. The van der Waals surface area contributed by atoms with Gasteiger partial charge in [0.25, 0.3) is 0 Å². The summed E-state index contributed by atoms with van der Waals surface area (Å²) in [5.41, 5.74) is 1.70. The van der Waals surface area contributed by atoms with Crippen molar-refractivity contribution in [2.75, 3.05) is 31.2 Å². The van der Waals surface area contributed by atoms with Crippen LogP contribution in [0.4, 0.5) is 10.1 Å². The summed E-state index contributed by atoms with van der Waals surface area (Å²) in [4.78, 5) is 2.07. The summed E-state index contributed by atoms with van der Waals surface area (Å²) in [6.07, 6.45) is 0.312. The number of morpholine rings is 1. The highest BCUT2D eigenvalue weighted by molar-refractivity contribution is 5.55. The molecule has 0 aliphatic carbocycles. The monoisotopic (exact) mass is 220 g/mol. The van der Waals surface area contributed by atoms with E-state index in [9.17, 15) is 4.39 Å². The molecule has 1 aliphatic rings. The standard InChI is InChI=1S/C12H13FN2O/c13-11-2-1-10(3-4-14)12(9-11)15-5-7-16-8-6-15/h1-2,9H,3,5-8H2. The SMILES string of the molecule is N#CCc1ccc(F)cc1N1CCOCC1. The third-order valence-electron chi connectivity index (χ3n) is 2.67. The van der Waals surface area contributed by atoms with E-state index < -0.39 is 0 Å². The lowest BCUT2D eigenvalue weighted by molar-refractivity contribution is 0.122. The fourth-order valence-corrected chi connectivity index (χ4v) is 1.87. The van der Waals surface area contributed by atoms with Gasteiger partial charge in [0.15, 0.2) is 0 Å². The molecule has 1 aromatic rings. The quantitative estimate of drug-likeness (QED) is 0.761. The van der Waals surface area contributed by atoms with Crippen LogP contribution < -0.4 is 4.90 Å². The number of halogens is 1. The number of hydrogen-bond acceptors (Lipinski definition) is 3. The van der Waals surface area contributed by atoms with Crippen molar-refractivity contribution in [1.82, 2.24) is 0 Å².